The molecule has 112 valence electrons. The first-order valence-electron chi connectivity index (χ1n) is 7.11. The highest BCUT2D eigenvalue weighted by atomic mass is 16.0. The molecule has 0 bridgehead atoms. The zero-order valence-corrected chi connectivity index (χ0v) is 12.1. The average Bonchev–Trinajstić information content (AvgIpc) is 3.09. The lowest BCUT2D eigenvalue weighted by molar-refractivity contribution is 0.745. The minimum absolute atomic E-state index is 0.627. The Morgan fingerprint density at radius 1 is 0.696 bits per heavy atom. The fraction of sp³-hybridized carbons (Fsp3) is 0. The number of hydrazine groups is 2. The van der Waals surface area contributed by atoms with E-state index in [-0.39, 0.29) is 0 Å². The Balaban J connectivity index is 1.75. The maximum atomic E-state index is 4.59. The van der Waals surface area contributed by atoms with Crippen LogP contribution < -0.4 is 15.7 Å². The van der Waals surface area contributed by atoms with Crippen LogP contribution in [0.5, 0.6) is 0 Å². The molecule has 0 aromatic carbocycles. The van der Waals surface area contributed by atoms with Gasteiger partial charge in [-0.15, -0.1) is 10.2 Å². The zero-order valence-electron chi connectivity index (χ0n) is 12.1. The molecule has 0 saturated heterocycles. The van der Waals surface area contributed by atoms with Crippen molar-refractivity contribution in [2.45, 2.75) is 0 Å². The van der Waals surface area contributed by atoms with Gasteiger partial charge in [-0.25, -0.2) is 9.97 Å². The highest BCUT2D eigenvalue weighted by molar-refractivity contribution is 6.00. The largest absolute Gasteiger partial charge is 0.256 e. The van der Waals surface area contributed by atoms with Crippen LogP contribution in [-0.2, 0) is 0 Å². The van der Waals surface area contributed by atoms with Crippen LogP contribution in [0.1, 0.15) is 5.69 Å². The van der Waals surface area contributed by atoms with Gasteiger partial charge in [-0.3, -0.25) is 10.4 Å². The standard InChI is InChI=1S/C16H13N7/c1-4-10-17-13(7-1)16-20-22(14-8-2-5-11-18-14)23(21-16)15-9-3-6-12-19-15/h1-12H,(H,20,21). The van der Waals surface area contributed by atoms with Gasteiger partial charge >= 0.3 is 0 Å². The van der Waals surface area contributed by atoms with E-state index in [2.05, 4.69) is 25.5 Å². The molecule has 0 radical (unpaired) electrons. The van der Waals surface area contributed by atoms with Crippen LogP contribution >= 0.6 is 0 Å². The minimum Gasteiger partial charge on any atom is -0.256 e. The Hall–Kier alpha value is -3.48. The van der Waals surface area contributed by atoms with Gasteiger partial charge in [0.1, 0.15) is 5.69 Å². The Bertz CT molecular complexity index is 806. The summed E-state index contributed by atoms with van der Waals surface area (Å²) in [5, 5.41) is 7.97. The lowest BCUT2D eigenvalue weighted by Crippen LogP contribution is -2.45. The third kappa shape index (κ3) is 2.55. The molecule has 1 aliphatic heterocycles. The first kappa shape index (κ1) is 13.2. The number of hydrogen-bond donors (Lipinski definition) is 1. The number of hydrazone groups is 1. The first-order chi connectivity index (χ1) is 11.4. The van der Waals surface area contributed by atoms with E-state index in [0.717, 1.165) is 5.69 Å². The fourth-order valence-corrected chi connectivity index (χ4v) is 2.18. The van der Waals surface area contributed by atoms with Crippen LogP contribution in [-0.4, -0.2) is 20.8 Å². The number of pyridine rings is 3. The van der Waals surface area contributed by atoms with Gasteiger partial charge in [0, 0.05) is 18.6 Å². The summed E-state index contributed by atoms with van der Waals surface area (Å²) in [7, 11) is 0. The van der Waals surface area contributed by atoms with Crippen molar-refractivity contribution >= 4 is 17.5 Å². The van der Waals surface area contributed by atoms with E-state index < -0.39 is 0 Å². The molecule has 0 aliphatic carbocycles. The van der Waals surface area contributed by atoms with Gasteiger partial charge in [0.15, 0.2) is 17.5 Å². The summed E-state index contributed by atoms with van der Waals surface area (Å²) in [6.07, 6.45) is 5.18. The maximum absolute atomic E-state index is 4.59. The van der Waals surface area contributed by atoms with E-state index in [1.807, 2.05) is 54.6 Å². The van der Waals surface area contributed by atoms with Gasteiger partial charge < -0.3 is 0 Å². The van der Waals surface area contributed by atoms with Gasteiger partial charge in [-0.1, -0.05) is 18.2 Å². The molecule has 0 spiro atoms. The van der Waals surface area contributed by atoms with Gasteiger partial charge in [0.2, 0.25) is 0 Å². The van der Waals surface area contributed by atoms with Crippen molar-refractivity contribution in [3.63, 3.8) is 0 Å². The molecule has 4 rings (SSSR count). The molecule has 7 nitrogen and oxygen atoms in total. The number of nitrogens with zero attached hydrogens (tertiary/aromatic N) is 6. The number of rotatable bonds is 3. The second kappa shape index (κ2) is 5.72. The third-order valence-electron chi connectivity index (χ3n) is 3.22. The number of aromatic nitrogens is 3. The highest BCUT2D eigenvalue weighted by Gasteiger charge is 2.28. The van der Waals surface area contributed by atoms with Crippen molar-refractivity contribution in [3.8, 4) is 0 Å². The van der Waals surface area contributed by atoms with Gasteiger partial charge in [0.25, 0.3) is 0 Å². The average molecular weight is 303 g/mol. The van der Waals surface area contributed by atoms with Crippen LogP contribution in [0, 0.1) is 0 Å². The SMILES string of the molecule is c1ccc(C2=NN(c3ccccn3)N(c3ccccn3)N2)nc1. The molecule has 1 N–H and O–H groups in total. The lowest BCUT2D eigenvalue weighted by atomic mass is 10.3. The molecular weight excluding hydrogens is 290 g/mol. The summed E-state index contributed by atoms with van der Waals surface area (Å²) in [5.74, 6) is 2.01. The number of anilines is 2. The predicted molar refractivity (Wildman–Crippen MR) is 87.3 cm³/mol. The minimum atomic E-state index is 0.627. The number of amidine groups is 1. The second-order valence-corrected chi connectivity index (χ2v) is 4.75. The number of nitrogens with one attached hydrogen (secondary N) is 1. The van der Waals surface area contributed by atoms with E-state index in [1.165, 1.54) is 0 Å². The first-order valence-corrected chi connectivity index (χ1v) is 7.11. The maximum Gasteiger partial charge on any atom is 0.194 e. The van der Waals surface area contributed by atoms with E-state index in [0.29, 0.717) is 17.5 Å². The summed E-state index contributed by atoms with van der Waals surface area (Å²) >= 11 is 0. The Kier molecular flexibility index (Phi) is 3.28. The fourth-order valence-electron chi connectivity index (χ4n) is 2.18. The summed E-state index contributed by atoms with van der Waals surface area (Å²) in [6, 6.07) is 17.0. The van der Waals surface area contributed by atoms with E-state index >= 15 is 0 Å². The molecule has 1 aliphatic rings. The Morgan fingerprint density at radius 2 is 1.35 bits per heavy atom. The van der Waals surface area contributed by atoms with Crippen molar-refractivity contribution in [2.75, 3.05) is 10.2 Å². The summed E-state index contributed by atoms with van der Waals surface area (Å²) in [4.78, 5) is 13.0. The van der Waals surface area contributed by atoms with Crippen LogP contribution in [0.15, 0.2) is 78.3 Å². The molecule has 0 fully saturated rings. The number of hydrogen-bond acceptors (Lipinski definition) is 7. The molecule has 4 heterocycles. The van der Waals surface area contributed by atoms with Crippen LogP contribution in [0.3, 0.4) is 0 Å². The smallest absolute Gasteiger partial charge is 0.194 e. The summed E-state index contributed by atoms with van der Waals surface area (Å²) < 4.78 is 0. The van der Waals surface area contributed by atoms with Crippen LogP contribution in [0.4, 0.5) is 11.6 Å². The van der Waals surface area contributed by atoms with Crippen molar-refractivity contribution in [3.05, 3.63) is 78.9 Å². The van der Waals surface area contributed by atoms with Crippen molar-refractivity contribution in [2.24, 2.45) is 5.10 Å². The predicted octanol–water partition coefficient (Wildman–Crippen LogP) is 1.98. The molecule has 0 unspecified atom stereocenters. The van der Waals surface area contributed by atoms with Gasteiger partial charge in [-0.2, -0.15) is 5.12 Å². The molecule has 0 atom stereocenters. The van der Waals surface area contributed by atoms with E-state index in [9.17, 15) is 0 Å². The van der Waals surface area contributed by atoms with Crippen LogP contribution in [0.25, 0.3) is 0 Å². The van der Waals surface area contributed by atoms with Crippen LogP contribution in [0.2, 0.25) is 0 Å². The topological polar surface area (TPSA) is 69.5 Å². The van der Waals surface area contributed by atoms with E-state index in [4.69, 9.17) is 0 Å². The van der Waals surface area contributed by atoms with Gasteiger partial charge in [-0.05, 0) is 36.4 Å². The normalized spacial score (nSPS) is 13.7. The third-order valence-corrected chi connectivity index (χ3v) is 3.22. The zero-order chi connectivity index (χ0) is 15.5. The highest BCUT2D eigenvalue weighted by Crippen LogP contribution is 2.21. The Labute approximate surface area is 132 Å². The molecule has 3 aromatic rings. The molecule has 23 heavy (non-hydrogen) atoms. The molecule has 0 amide bonds. The van der Waals surface area contributed by atoms with Gasteiger partial charge in [0.05, 0.1) is 0 Å². The monoisotopic (exact) mass is 303 g/mol. The lowest BCUT2D eigenvalue weighted by Gasteiger charge is -2.25. The summed E-state index contributed by atoms with van der Waals surface area (Å²) in [6.45, 7) is 0. The summed E-state index contributed by atoms with van der Waals surface area (Å²) in [5.41, 5.74) is 3.96. The molecule has 0 saturated carbocycles. The molecular formula is C16H13N7. The quantitative estimate of drug-likeness (QED) is 0.798. The molecule has 7 heteroatoms. The van der Waals surface area contributed by atoms with Crippen molar-refractivity contribution in [1.29, 1.82) is 0 Å². The Morgan fingerprint density at radius 3 is 1.96 bits per heavy atom. The van der Waals surface area contributed by atoms with Crippen molar-refractivity contribution < 1.29 is 0 Å². The molecule has 3 aromatic heterocycles. The van der Waals surface area contributed by atoms with Crippen molar-refractivity contribution in [1.82, 2.24) is 20.4 Å². The van der Waals surface area contributed by atoms with E-state index in [1.54, 1.807) is 28.8 Å². The second-order valence-electron chi connectivity index (χ2n) is 4.75.